The third-order valence-electron chi connectivity index (χ3n) is 0.733. The monoisotopic (exact) mass is 190 g/mol. The molecule has 0 aliphatic heterocycles. The number of hydrogen-bond acceptors (Lipinski definition) is 3. The summed E-state index contributed by atoms with van der Waals surface area (Å²) in [6.45, 7) is 0. The highest BCUT2D eigenvalue weighted by molar-refractivity contribution is 9.10. The van der Waals surface area contributed by atoms with Crippen molar-refractivity contribution in [3.05, 3.63) is 17.1 Å². The quantitative estimate of drug-likeness (QED) is 0.626. The molecule has 3 nitrogen and oxygen atoms in total. The summed E-state index contributed by atoms with van der Waals surface area (Å²) in [4.78, 5) is 7.49. The molecule has 0 N–H and O–H groups in total. The number of hydrogen-bond donors (Lipinski definition) is 0. The zero-order chi connectivity index (χ0) is 8.27. The molecular formula is C5H5BrN2O. The van der Waals surface area contributed by atoms with E-state index in [1.165, 1.54) is 12.4 Å². The smallest absolute Gasteiger partial charge is 0.196 e. The van der Waals surface area contributed by atoms with Gasteiger partial charge in [-0.25, -0.2) is 9.97 Å². The van der Waals surface area contributed by atoms with Crippen LogP contribution in [0.2, 0.25) is 0 Å². The van der Waals surface area contributed by atoms with Crippen LogP contribution in [-0.4, -0.2) is 17.0 Å². The average Bonchev–Trinajstić information content (AvgIpc) is 1.93. The van der Waals surface area contributed by atoms with Gasteiger partial charge in [-0.3, -0.25) is 0 Å². The summed E-state index contributed by atoms with van der Waals surface area (Å²) in [6, 6.07) is 0. The lowest BCUT2D eigenvalue weighted by Gasteiger charge is -1.94. The van der Waals surface area contributed by atoms with Crippen LogP contribution in [0.4, 0.5) is 0 Å². The summed E-state index contributed by atoms with van der Waals surface area (Å²) in [5, 5.41) is 0. The first kappa shape index (κ1) is 4.22. The second-order valence-electron chi connectivity index (χ2n) is 1.31. The summed E-state index contributed by atoms with van der Waals surface area (Å²) in [6.07, 6.45) is 2.79. The van der Waals surface area contributed by atoms with Gasteiger partial charge < -0.3 is 4.74 Å². The Bertz CT molecular complexity index is 228. The number of halogens is 1. The fourth-order valence-electron chi connectivity index (χ4n) is 0.361. The van der Waals surface area contributed by atoms with Gasteiger partial charge in [0.15, 0.2) is 10.5 Å². The van der Waals surface area contributed by atoms with Crippen molar-refractivity contribution in [2.75, 3.05) is 7.06 Å². The summed E-state index contributed by atoms with van der Waals surface area (Å²) in [5.41, 5.74) is 0. The molecule has 1 aromatic heterocycles. The molecule has 48 valence electrons. The van der Waals surface area contributed by atoms with E-state index in [2.05, 4.69) is 30.6 Å². The molecule has 0 aromatic carbocycles. The van der Waals surface area contributed by atoms with Gasteiger partial charge >= 0.3 is 0 Å². The second-order valence-corrected chi connectivity index (χ2v) is 2.01. The van der Waals surface area contributed by atoms with Crippen LogP contribution in [0.3, 0.4) is 0 Å². The van der Waals surface area contributed by atoms with Crippen LogP contribution in [-0.2, 0) is 0 Å². The minimum absolute atomic E-state index is 0.322. The minimum Gasteiger partial charge on any atom is -0.494 e. The van der Waals surface area contributed by atoms with E-state index in [1.54, 1.807) is 0 Å². The van der Waals surface area contributed by atoms with Gasteiger partial charge in [-0.05, 0) is 15.9 Å². The van der Waals surface area contributed by atoms with Gasteiger partial charge in [-0.1, -0.05) is 0 Å². The number of nitrogens with zero attached hydrogens (tertiary/aromatic N) is 2. The summed E-state index contributed by atoms with van der Waals surface area (Å²) >= 11 is 3.04. The zero-order valence-electron chi connectivity index (χ0n) is 6.41. The van der Waals surface area contributed by atoms with E-state index < -0.39 is 7.06 Å². The molecule has 1 rings (SSSR count). The van der Waals surface area contributed by atoms with Gasteiger partial charge in [0, 0.05) is 0 Å². The van der Waals surface area contributed by atoms with Crippen molar-refractivity contribution in [2.24, 2.45) is 0 Å². The molecule has 0 amide bonds. The fraction of sp³-hybridized carbons (Fsp3) is 0.200. The first-order valence-electron chi connectivity index (χ1n) is 3.32. The summed E-state index contributed by atoms with van der Waals surface area (Å²) in [5.74, 6) is 0.322. The molecule has 0 aliphatic carbocycles. The van der Waals surface area contributed by atoms with E-state index in [0.29, 0.717) is 10.5 Å². The average molecular weight is 191 g/mol. The maximum absolute atomic E-state index is 6.75. The summed E-state index contributed by atoms with van der Waals surface area (Å²) in [7, 11) is -1.33. The lowest BCUT2D eigenvalue weighted by molar-refractivity contribution is 0.410. The first-order valence-corrected chi connectivity index (χ1v) is 2.96. The van der Waals surface area contributed by atoms with Crippen LogP contribution in [0.15, 0.2) is 17.1 Å². The van der Waals surface area contributed by atoms with Crippen LogP contribution in [0.1, 0.15) is 2.74 Å². The van der Waals surface area contributed by atoms with E-state index in [1.807, 2.05) is 0 Å². The Morgan fingerprint density at radius 1 is 1.67 bits per heavy atom. The van der Waals surface area contributed by atoms with Crippen LogP contribution in [0, 0.1) is 0 Å². The lowest BCUT2D eigenvalue weighted by Crippen LogP contribution is -1.86. The molecule has 1 aromatic rings. The van der Waals surface area contributed by atoms with Crippen molar-refractivity contribution < 1.29 is 7.48 Å². The number of ether oxygens (including phenoxy) is 1. The summed E-state index contributed by atoms with van der Waals surface area (Å²) < 4.78 is 18.6. The molecule has 0 unspecified atom stereocenters. The van der Waals surface area contributed by atoms with E-state index in [0.717, 1.165) is 0 Å². The topological polar surface area (TPSA) is 35.0 Å². The van der Waals surface area contributed by atoms with Gasteiger partial charge in [0.1, 0.15) is 0 Å². The van der Waals surface area contributed by atoms with Crippen LogP contribution in [0.25, 0.3) is 0 Å². The molecular weight excluding hydrogens is 184 g/mol. The van der Waals surface area contributed by atoms with Crippen molar-refractivity contribution >= 4 is 15.9 Å². The lowest BCUT2D eigenvalue weighted by atomic mass is 10.6. The molecule has 4 heteroatoms. The third-order valence-corrected chi connectivity index (χ3v) is 1.14. The molecule has 1 heterocycles. The van der Waals surface area contributed by atoms with E-state index in [9.17, 15) is 0 Å². The second kappa shape index (κ2) is 2.77. The Hall–Kier alpha value is -0.640. The van der Waals surface area contributed by atoms with E-state index >= 15 is 0 Å². The standard InChI is InChI=1S/C5H5BrN2O/c1-9-4-2-7-5(6)8-3-4/h2-3H,1H3/i1D2. The predicted molar refractivity (Wildman–Crippen MR) is 36.3 cm³/mol. The van der Waals surface area contributed by atoms with Gasteiger partial charge in [-0.2, -0.15) is 0 Å². The highest BCUT2D eigenvalue weighted by Crippen LogP contribution is 2.07. The van der Waals surface area contributed by atoms with Crippen molar-refractivity contribution in [1.82, 2.24) is 9.97 Å². The molecule has 0 aliphatic rings. The molecule has 0 bridgehead atoms. The Labute approximate surface area is 64.0 Å². The zero-order valence-corrected chi connectivity index (χ0v) is 6.00. The van der Waals surface area contributed by atoms with Gasteiger partial charge in [0.2, 0.25) is 0 Å². The Balaban J connectivity index is 2.66. The Morgan fingerprint density at radius 2 is 2.33 bits per heavy atom. The van der Waals surface area contributed by atoms with E-state index in [4.69, 9.17) is 2.74 Å². The molecule has 0 spiro atoms. The fourth-order valence-corrected chi connectivity index (χ4v) is 0.566. The molecule has 0 saturated heterocycles. The van der Waals surface area contributed by atoms with Crippen LogP contribution >= 0.6 is 15.9 Å². The molecule has 0 atom stereocenters. The van der Waals surface area contributed by atoms with Gasteiger partial charge in [0.25, 0.3) is 0 Å². The van der Waals surface area contributed by atoms with Crippen molar-refractivity contribution in [3.8, 4) is 5.75 Å². The van der Waals surface area contributed by atoms with Crippen LogP contribution < -0.4 is 4.74 Å². The minimum atomic E-state index is -1.33. The van der Waals surface area contributed by atoms with Crippen molar-refractivity contribution in [1.29, 1.82) is 0 Å². The normalized spacial score (nSPS) is 12.7. The maximum Gasteiger partial charge on any atom is 0.196 e. The predicted octanol–water partition coefficient (Wildman–Crippen LogP) is 1.25. The largest absolute Gasteiger partial charge is 0.494 e. The number of aromatic nitrogens is 2. The molecule has 0 radical (unpaired) electrons. The first-order chi connectivity index (χ1) is 5.18. The molecule has 9 heavy (non-hydrogen) atoms. The highest BCUT2D eigenvalue weighted by Gasteiger charge is 1.89. The SMILES string of the molecule is [2H]C([2H])Oc1cnc(Br)nc1. The highest BCUT2D eigenvalue weighted by atomic mass is 79.9. The van der Waals surface area contributed by atoms with Crippen molar-refractivity contribution in [2.45, 2.75) is 0 Å². The van der Waals surface area contributed by atoms with Crippen LogP contribution in [0.5, 0.6) is 5.75 Å². The maximum atomic E-state index is 6.75. The third kappa shape index (κ3) is 1.64. The van der Waals surface area contributed by atoms with Gasteiger partial charge in [0.05, 0.1) is 22.2 Å². The number of rotatable bonds is 1. The van der Waals surface area contributed by atoms with Crippen molar-refractivity contribution in [3.63, 3.8) is 0 Å². The molecule has 0 saturated carbocycles. The van der Waals surface area contributed by atoms with Gasteiger partial charge in [-0.15, -0.1) is 0 Å². The Kier molecular flexibility index (Phi) is 1.30. The van der Waals surface area contributed by atoms with E-state index in [-0.39, 0.29) is 0 Å². The number of methoxy groups -OCH3 is 1. The Morgan fingerprint density at radius 3 is 2.89 bits per heavy atom. The molecule has 0 fully saturated rings.